The average Bonchev–Trinajstić information content (AvgIpc) is 2.83. The van der Waals surface area contributed by atoms with Gasteiger partial charge < -0.3 is 0 Å². The van der Waals surface area contributed by atoms with Gasteiger partial charge in [0.05, 0.1) is 0 Å². The maximum atomic E-state index is 2.30. The number of thiophene rings is 1. The van der Waals surface area contributed by atoms with Gasteiger partial charge in [0.1, 0.15) is 0 Å². The van der Waals surface area contributed by atoms with E-state index in [-0.39, 0.29) is 0 Å². The van der Waals surface area contributed by atoms with Gasteiger partial charge in [-0.3, -0.25) is 0 Å². The van der Waals surface area contributed by atoms with E-state index in [9.17, 15) is 0 Å². The summed E-state index contributed by atoms with van der Waals surface area (Å²) in [5.74, 6) is 1.10. The van der Waals surface area contributed by atoms with E-state index in [1.807, 2.05) is 22.9 Å². The van der Waals surface area contributed by atoms with Crippen molar-refractivity contribution >= 4 is 11.3 Å². The van der Waals surface area contributed by atoms with Gasteiger partial charge in [-0.25, -0.2) is 0 Å². The second kappa shape index (κ2) is 10.8. The molecule has 0 radical (unpaired) electrons. The molecule has 0 spiro atoms. The lowest BCUT2D eigenvalue weighted by molar-refractivity contribution is 0.409. The molecule has 0 atom stereocenters. The standard InChI is InChI=1S/C12H24.C4H4S/c1-2-3-6-9-12-10-7-4-5-8-11-12;1-2-4-5-3-1/h12H,2-11H2,1H3;1-4H. The number of unbranched alkanes of at least 4 members (excludes halogenated alkanes) is 2. The Bertz CT molecular complexity index is 202. The Kier molecular flexibility index (Phi) is 9.40. The molecule has 0 N–H and O–H groups in total. The molecule has 0 amide bonds. The molecular weight excluding hydrogens is 224 g/mol. The zero-order valence-corrected chi connectivity index (χ0v) is 12.2. The van der Waals surface area contributed by atoms with Crippen LogP contribution in [0.2, 0.25) is 0 Å². The fourth-order valence-electron chi connectivity index (χ4n) is 2.56. The highest BCUT2D eigenvalue weighted by molar-refractivity contribution is 7.07. The molecule has 1 aliphatic rings. The third-order valence-electron chi connectivity index (χ3n) is 3.62. The Morgan fingerprint density at radius 3 is 2.06 bits per heavy atom. The Morgan fingerprint density at radius 2 is 1.59 bits per heavy atom. The first kappa shape index (κ1) is 14.8. The second-order valence-corrected chi connectivity index (χ2v) is 5.96. The van der Waals surface area contributed by atoms with Crippen molar-refractivity contribution in [1.29, 1.82) is 0 Å². The van der Waals surface area contributed by atoms with Gasteiger partial charge in [-0.1, -0.05) is 83.3 Å². The normalized spacial score (nSPS) is 17.0. The van der Waals surface area contributed by atoms with E-state index in [2.05, 4.69) is 6.92 Å². The predicted octanol–water partition coefficient (Wildman–Crippen LogP) is 6.29. The largest absolute Gasteiger partial charge is 0.152 e. The molecule has 1 aromatic heterocycles. The summed E-state index contributed by atoms with van der Waals surface area (Å²) in [4.78, 5) is 0. The van der Waals surface area contributed by atoms with Crippen LogP contribution in [-0.4, -0.2) is 0 Å². The Hall–Kier alpha value is -0.300. The van der Waals surface area contributed by atoms with Crippen molar-refractivity contribution in [3.8, 4) is 0 Å². The summed E-state index contributed by atoms with van der Waals surface area (Å²) in [7, 11) is 0. The fraction of sp³-hybridized carbons (Fsp3) is 0.750. The minimum atomic E-state index is 1.10. The molecule has 1 fully saturated rings. The molecule has 98 valence electrons. The SMILES string of the molecule is CCCCCC1CCCCCC1.c1ccsc1. The Labute approximate surface area is 111 Å². The summed E-state index contributed by atoms with van der Waals surface area (Å²) in [5, 5.41) is 4.08. The molecule has 0 nitrogen and oxygen atoms in total. The summed E-state index contributed by atoms with van der Waals surface area (Å²) < 4.78 is 0. The van der Waals surface area contributed by atoms with Crippen LogP contribution >= 0.6 is 11.3 Å². The van der Waals surface area contributed by atoms with Crippen molar-refractivity contribution in [2.24, 2.45) is 5.92 Å². The summed E-state index contributed by atoms with van der Waals surface area (Å²) in [6.45, 7) is 2.30. The van der Waals surface area contributed by atoms with E-state index in [0.29, 0.717) is 0 Å². The quantitative estimate of drug-likeness (QED) is 0.436. The fourth-order valence-corrected chi connectivity index (χ4v) is 3.02. The molecule has 17 heavy (non-hydrogen) atoms. The Balaban J connectivity index is 0.000000239. The molecule has 0 bridgehead atoms. The first-order valence-electron chi connectivity index (χ1n) is 7.40. The molecule has 2 rings (SSSR count). The average molecular weight is 252 g/mol. The van der Waals surface area contributed by atoms with E-state index in [1.54, 1.807) is 11.3 Å². The van der Waals surface area contributed by atoms with Crippen molar-refractivity contribution in [2.45, 2.75) is 71.1 Å². The van der Waals surface area contributed by atoms with Gasteiger partial charge in [0, 0.05) is 0 Å². The smallest absolute Gasteiger partial charge is 0.00934 e. The summed E-state index contributed by atoms with van der Waals surface area (Å²) >= 11 is 1.71. The van der Waals surface area contributed by atoms with Crippen molar-refractivity contribution in [1.82, 2.24) is 0 Å². The summed E-state index contributed by atoms with van der Waals surface area (Å²) in [6.07, 6.45) is 14.9. The molecule has 0 saturated heterocycles. The molecule has 1 saturated carbocycles. The van der Waals surface area contributed by atoms with Crippen LogP contribution < -0.4 is 0 Å². The van der Waals surface area contributed by atoms with Crippen molar-refractivity contribution in [3.05, 3.63) is 22.9 Å². The van der Waals surface area contributed by atoms with Crippen LogP contribution in [0.15, 0.2) is 22.9 Å². The molecule has 1 heterocycles. The van der Waals surface area contributed by atoms with Gasteiger partial charge in [-0.2, -0.15) is 11.3 Å². The monoisotopic (exact) mass is 252 g/mol. The number of hydrogen-bond acceptors (Lipinski definition) is 1. The van der Waals surface area contributed by atoms with E-state index < -0.39 is 0 Å². The Morgan fingerprint density at radius 1 is 0.941 bits per heavy atom. The first-order valence-corrected chi connectivity index (χ1v) is 8.35. The lowest BCUT2D eigenvalue weighted by atomic mass is 9.94. The molecule has 0 aromatic carbocycles. The van der Waals surface area contributed by atoms with Crippen LogP contribution in [0.25, 0.3) is 0 Å². The third kappa shape index (κ3) is 8.43. The van der Waals surface area contributed by atoms with Gasteiger partial charge >= 0.3 is 0 Å². The van der Waals surface area contributed by atoms with Crippen molar-refractivity contribution in [2.75, 3.05) is 0 Å². The molecule has 1 heteroatoms. The van der Waals surface area contributed by atoms with Crippen LogP contribution in [0.5, 0.6) is 0 Å². The van der Waals surface area contributed by atoms with Gasteiger partial charge in [0.15, 0.2) is 0 Å². The van der Waals surface area contributed by atoms with Crippen LogP contribution in [0.4, 0.5) is 0 Å². The van der Waals surface area contributed by atoms with Crippen LogP contribution in [0, 0.1) is 5.92 Å². The second-order valence-electron chi connectivity index (χ2n) is 5.15. The molecule has 0 unspecified atom stereocenters. The molecule has 0 aliphatic heterocycles. The van der Waals surface area contributed by atoms with Crippen LogP contribution in [0.3, 0.4) is 0 Å². The van der Waals surface area contributed by atoms with E-state index >= 15 is 0 Å². The molecular formula is C16H28S. The molecule has 1 aromatic rings. The van der Waals surface area contributed by atoms with Gasteiger partial charge in [-0.05, 0) is 16.7 Å². The van der Waals surface area contributed by atoms with Crippen LogP contribution in [-0.2, 0) is 0 Å². The maximum absolute atomic E-state index is 2.30. The topological polar surface area (TPSA) is 0 Å². The summed E-state index contributed by atoms with van der Waals surface area (Å²) in [6, 6.07) is 4.04. The lowest BCUT2D eigenvalue weighted by Crippen LogP contribution is -1.97. The lowest BCUT2D eigenvalue weighted by Gasteiger charge is -2.12. The highest BCUT2D eigenvalue weighted by Gasteiger charge is 2.10. The maximum Gasteiger partial charge on any atom is -0.00934 e. The van der Waals surface area contributed by atoms with E-state index in [1.165, 1.54) is 64.2 Å². The van der Waals surface area contributed by atoms with Crippen molar-refractivity contribution in [3.63, 3.8) is 0 Å². The minimum Gasteiger partial charge on any atom is -0.152 e. The number of rotatable bonds is 4. The zero-order valence-electron chi connectivity index (χ0n) is 11.4. The zero-order chi connectivity index (χ0) is 12.2. The van der Waals surface area contributed by atoms with Gasteiger partial charge in [0.2, 0.25) is 0 Å². The third-order valence-corrected chi connectivity index (χ3v) is 4.24. The predicted molar refractivity (Wildman–Crippen MR) is 79.7 cm³/mol. The molecule has 1 aliphatic carbocycles. The number of hydrogen-bond donors (Lipinski definition) is 0. The van der Waals surface area contributed by atoms with E-state index in [0.717, 1.165) is 5.92 Å². The van der Waals surface area contributed by atoms with Crippen molar-refractivity contribution < 1.29 is 0 Å². The van der Waals surface area contributed by atoms with Gasteiger partial charge in [0.25, 0.3) is 0 Å². The van der Waals surface area contributed by atoms with E-state index in [4.69, 9.17) is 0 Å². The highest BCUT2D eigenvalue weighted by Crippen LogP contribution is 2.26. The van der Waals surface area contributed by atoms with Crippen LogP contribution in [0.1, 0.15) is 71.1 Å². The first-order chi connectivity index (χ1) is 8.43. The minimum absolute atomic E-state index is 1.10. The van der Waals surface area contributed by atoms with Gasteiger partial charge in [-0.15, -0.1) is 0 Å². The summed E-state index contributed by atoms with van der Waals surface area (Å²) in [5.41, 5.74) is 0. The highest BCUT2D eigenvalue weighted by atomic mass is 32.1.